The summed E-state index contributed by atoms with van der Waals surface area (Å²) in [5.41, 5.74) is 4.41. The van der Waals surface area contributed by atoms with Crippen LogP contribution in [0.4, 0.5) is 0 Å². The molecule has 1 aromatic carbocycles. The molecule has 3 rings (SSSR count). The minimum absolute atomic E-state index is 0.0340. The van der Waals surface area contributed by atoms with Crippen molar-refractivity contribution in [3.8, 4) is 5.75 Å². The maximum Gasteiger partial charge on any atom is 0.220 e. The molecule has 1 atom stereocenters. The second-order valence-corrected chi connectivity index (χ2v) is 7.03. The van der Waals surface area contributed by atoms with Crippen molar-refractivity contribution in [2.75, 3.05) is 13.2 Å². The number of hydrogen-bond acceptors (Lipinski definition) is 4. The van der Waals surface area contributed by atoms with Gasteiger partial charge in [-0.05, 0) is 38.0 Å². The fourth-order valence-corrected chi connectivity index (χ4v) is 3.24. The molecule has 0 aliphatic carbocycles. The van der Waals surface area contributed by atoms with Crippen LogP contribution in [0.1, 0.15) is 35.9 Å². The number of aryl methyl sites for hydroxylation is 3. The van der Waals surface area contributed by atoms with Gasteiger partial charge >= 0.3 is 0 Å². The number of carbonyl (C=O) groups excluding carboxylic acids is 1. The molecule has 1 amide bonds. The van der Waals surface area contributed by atoms with Gasteiger partial charge in [-0.1, -0.05) is 18.2 Å². The lowest BCUT2D eigenvalue weighted by Gasteiger charge is -2.17. The van der Waals surface area contributed by atoms with Crippen molar-refractivity contribution in [1.82, 2.24) is 20.4 Å². The summed E-state index contributed by atoms with van der Waals surface area (Å²) >= 11 is 0. The zero-order chi connectivity index (χ0) is 18.5. The van der Waals surface area contributed by atoms with Gasteiger partial charge in [0.2, 0.25) is 5.91 Å². The minimum Gasteiger partial charge on any atom is -0.491 e. The lowest BCUT2D eigenvalue weighted by molar-refractivity contribution is -0.121. The number of hydrogen-bond donors (Lipinski definition) is 2. The Morgan fingerprint density at radius 2 is 2.15 bits per heavy atom. The first-order valence-electron chi connectivity index (χ1n) is 9.27. The van der Waals surface area contributed by atoms with Crippen molar-refractivity contribution in [3.05, 3.63) is 46.8 Å². The Hall–Kier alpha value is -2.34. The molecular formula is C20H28N4O2. The van der Waals surface area contributed by atoms with Gasteiger partial charge in [0.25, 0.3) is 0 Å². The largest absolute Gasteiger partial charge is 0.491 e. The molecule has 0 bridgehead atoms. The number of carbonyl (C=O) groups is 1. The molecule has 0 fully saturated rings. The Kier molecular flexibility index (Phi) is 5.93. The van der Waals surface area contributed by atoms with Gasteiger partial charge < -0.3 is 15.4 Å². The van der Waals surface area contributed by atoms with Crippen LogP contribution in [0.25, 0.3) is 0 Å². The van der Waals surface area contributed by atoms with Crippen LogP contribution in [-0.4, -0.2) is 34.9 Å². The Morgan fingerprint density at radius 1 is 1.38 bits per heavy atom. The van der Waals surface area contributed by atoms with Gasteiger partial charge in [-0.25, -0.2) is 0 Å². The summed E-state index contributed by atoms with van der Waals surface area (Å²) < 4.78 is 7.94. The molecule has 2 aromatic rings. The Bertz CT molecular complexity index is 725. The third kappa shape index (κ3) is 4.64. The van der Waals surface area contributed by atoms with E-state index in [0.29, 0.717) is 19.4 Å². The second-order valence-electron chi connectivity index (χ2n) is 7.03. The van der Waals surface area contributed by atoms with E-state index in [1.165, 1.54) is 5.69 Å². The number of rotatable bonds is 7. The van der Waals surface area contributed by atoms with E-state index in [-0.39, 0.29) is 11.9 Å². The van der Waals surface area contributed by atoms with E-state index < -0.39 is 0 Å². The van der Waals surface area contributed by atoms with E-state index in [2.05, 4.69) is 21.8 Å². The lowest BCUT2D eigenvalue weighted by atomic mass is 10.1. The summed E-state index contributed by atoms with van der Waals surface area (Å²) in [6.07, 6.45) is 1.11. The quantitative estimate of drug-likeness (QED) is 0.797. The van der Waals surface area contributed by atoms with Crippen molar-refractivity contribution in [1.29, 1.82) is 0 Å². The molecule has 0 radical (unpaired) electrons. The molecule has 1 aliphatic heterocycles. The summed E-state index contributed by atoms with van der Waals surface area (Å²) in [4.78, 5) is 12.2. The van der Waals surface area contributed by atoms with E-state index in [0.717, 1.165) is 42.2 Å². The summed E-state index contributed by atoms with van der Waals surface area (Å²) in [5.74, 6) is 0.942. The molecule has 0 spiro atoms. The molecule has 0 unspecified atom stereocenters. The number of ether oxygens (including phenoxy) is 1. The number of benzene rings is 1. The molecule has 0 saturated heterocycles. The van der Waals surface area contributed by atoms with Crippen LogP contribution in [0.15, 0.2) is 24.3 Å². The molecule has 1 aromatic heterocycles. The van der Waals surface area contributed by atoms with E-state index in [9.17, 15) is 4.79 Å². The van der Waals surface area contributed by atoms with Crippen LogP contribution < -0.4 is 15.4 Å². The predicted octanol–water partition coefficient (Wildman–Crippen LogP) is 2.12. The smallest absolute Gasteiger partial charge is 0.220 e. The molecule has 140 valence electrons. The number of aromatic nitrogens is 2. The highest BCUT2D eigenvalue weighted by atomic mass is 16.5. The average molecular weight is 356 g/mol. The van der Waals surface area contributed by atoms with Gasteiger partial charge in [0, 0.05) is 25.9 Å². The Balaban J connectivity index is 1.43. The minimum atomic E-state index is -0.0408. The van der Waals surface area contributed by atoms with Gasteiger partial charge in [-0.3, -0.25) is 9.48 Å². The first-order chi connectivity index (χ1) is 12.5. The normalized spacial score (nSPS) is 14.6. The molecule has 2 N–H and O–H groups in total. The average Bonchev–Trinajstić information content (AvgIpc) is 3.02. The van der Waals surface area contributed by atoms with E-state index in [1.807, 2.05) is 43.7 Å². The fourth-order valence-electron chi connectivity index (χ4n) is 3.24. The van der Waals surface area contributed by atoms with E-state index >= 15 is 0 Å². The van der Waals surface area contributed by atoms with Crippen molar-refractivity contribution in [3.63, 3.8) is 0 Å². The summed E-state index contributed by atoms with van der Waals surface area (Å²) in [6, 6.07) is 8.14. The first kappa shape index (κ1) is 18.5. The Morgan fingerprint density at radius 3 is 2.88 bits per heavy atom. The van der Waals surface area contributed by atoms with Crippen LogP contribution in [0.5, 0.6) is 5.75 Å². The molecular weight excluding hydrogens is 328 g/mol. The predicted molar refractivity (Wildman–Crippen MR) is 101 cm³/mol. The highest BCUT2D eigenvalue weighted by Crippen LogP contribution is 2.22. The number of amides is 1. The van der Waals surface area contributed by atoms with E-state index in [4.69, 9.17) is 4.74 Å². The second kappa shape index (κ2) is 8.36. The molecule has 2 heterocycles. The third-order valence-corrected chi connectivity index (χ3v) is 4.62. The van der Waals surface area contributed by atoms with Gasteiger partial charge in [0.15, 0.2) is 0 Å². The summed E-state index contributed by atoms with van der Waals surface area (Å²) in [5, 5.41) is 10.9. The van der Waals surface area contributed by atoms with Gasteiger partial charge in [-0.2, -0.15) is 5.10 Å². The van der Waals surface area contributed by atoms with Crippen molar-refractivity contribution in [2.45, 2.75) is 52.7 Å². The molecule has 6 heteroatoms. The summed E-state index contributed by atoms with van der Waals surface area (Å²) in [6.45, 7) is 9.19. The van der Waals surface area contributed by atoms with Crippen molar-refractivity contribution >= 4 is 5.91 Å². The number of fused-ring (bicyclic) bond motifs is 1. The standard InChI is InChI=1S/C20H28N4O2/c1-14-5-4-6-15(2)20(14)26-13-16(3)22-19(25)8-7-17-11-18-12-21-9-10-24(18)23-17/h4-6,11,16,21H,7-10,12-13H2,1-3H3,(H,22,25)/t16-/m1/s1. The molecule has 0 saturated carbocycles. The van der Waals surface area contributed by atoms with Gasteiger partial charge in [0.05, 0.1) is 24.0 Å². The monoisotopic (exact) mass is 356 g/mol. The number of nitrogens with one attached hydrogen (secondary N) is 2. The highest BCUT2D eigenvalue weighted by Gasteiger charge is 2.14. The van der Waals surface area contributed by atoms with Crippen molar-refractivity contribution < 1.29 is 9.53 Å². The van der Waals surface area contributed by atoms with Crippen LogP contribution in [0, 0.1) is 13.8 Å². The fraction of sp³-hybridized carbons (Fsp3) is 0.500. The van der Waals surface area contributed by atoms with Gasteiger partial charge in [-0.15, -0.1) is 0 Å². The van der Waals surface area contributed by atoms with E-state index in [1.54, 1.807) is 0 Å². The zero-order valence-electron chi connectivity index (χ0n) is 15.8. The molecule has 26 heavy (non-hydrogen) atoms. The summed E-state index contributed by atoms with van der Waals surface area (Å²) in [7, 11) is 0. The zero-order valence-corrected chi connectivity index (χ0v) is 15.8. The van der Waals surface area contributed by atoms with Crippen LogP contribution in [0.3, 0.4) is 0 Å². The van der Waals surface area contributed by atoms with Crippen LogP contribution in [0.2, 0.25) is 0 Å². The van der Waals surface area contributed by atoms with Crippen molar-refractivity contribution in [2.24, 2.45) is 0 Å². The maximum atomic E-state index is 12.2. The highest BCUT2D eigenvalue weighted by molar-refractivity contribution is 5.76. The first-order valence-corrected chi connectivity index (χ1v) is 9.27. The Labute approximate surface area is 154 Å². The molecule has 6 nitrogen and oxygen atoms in total. The molecule has 1 aliphatic rings. The van der Waals surface area contributed by atoms with Crippen LogP contribution >= 0.6 is 0 Å². The maximum absolute atomic E-state index is 12.2. The SMILES string of the molecule is Cc1cccc(C)c1OC[C@@H](C)NC(=O)CCc1cc2n(n1)CCNC2. The third-order valence-electron chi connectivity index (χ3n) is 4.62. The van der Waals surface area contributed by atoms with Gasteiger partial charge in [0.1, 0.15) is 12.4 Å². The topological polar surface area (TPSA) is 68.2 Å². The van der Waals surface area contributed by atoms with Crippen LogP contribution in [-0.2, 0) is 24.3 Å². The number of para-hydroxylation sites is 1. The number of nitrogens with zero attached hydrogens (tertiary/aromatic N) is 2. The lowest BCUT2D eigenvalue weighted by Crippen LogP contribution is -2.37.